The Morgan fingerprint density at radius 1 is 1.32 bits per heavy atom. The predicted molar refractivity (Wildman–Crippen MR) is 87.1 cm³/mol. The molecule has 0 spiro atoms. The van der Waals surface area contributed by atoms with E-state index in [0.717, 1.165) is 0 Å². The van der Waals surface area contributed by atoms with Gasteiger partial charge < -0.3 is 14.9 Å². The van der Waals surface area contributed by atoms with E-state index in [-0.39, 0.29) is 18.1 Å². The average Bonchev–Trinajstić information content (AvgIpc) is 3.04. The van der Waals surface area contributed by atoms with Crippen LogP contribution in [0.15, 0.2) is 28.8 Å². The van der Waals surface area contributed by atoms with Crippen molar-refractivity contribution in [2.75, 3.05) is 0 Å². The van der Waals surface area contributed by atoms with Crippen molar-refractivity contribution in [1.82, 2.24) is 15.5 Å². The molecular weight excluding hydrogens is 329 g/mol. The highest BCUT2D eigenvalue weighted by molar-refractivity contribution is 5.83. The molecule has 2 aromatic rings. The van der Waals surface area contributed by atoms with Crippen LogP contribution in [0.2, 0.25) is 0 Å². The maximum atomic E-state index is 12.9. The summed E-state index contributed by atoms with van der Waals surface area (Å²) in [4.78, 5) is 27.0. The number of carbonyl (C=O) groups excluding carboxylic acids is 1. The van der Waals surface area contributed by atoms with Gasteiger partial charge in [0.05, 0.1) is 0 Å². The Morgan fingerprint density at radius 2 is 2.04 bits per heavy atom. The van der Waals surface area contributed by atoms with Gasteiger partial charge in [0.2, 0.25) is 17.6 Å². The molecule has 0 aliphatic rings. The monoisotopic (exact) mass is 349 g/mol. The summed E-state index contributed by atoms with van der Waals surface area (Å²) in [5.74, 6) is -0.972. The first-order valence-electron chi connectivity index (χ1n) is 8.10. The lowest BCUT2D eigenvalue weighted by atomic mass is 10.1. The second-order valence-corrected chi connectivity index (χ2v) is 5.62. The van der Waals surface area contributed by atoms with Gasteiger partial charge in [-0.3, -0.25) is 4.79 Å². The standard InChI is InChI=1S/C17H20FN3O4/c1-2-4-13(17(23)24)19-14(22)5-3-6-15-20-16(21-25-15)11-7-9-12(18)10-8-11/h7-10,13H,2-6H2,1H3,(H,19,22)(H,23,24). The van der Waals surface area contributed by atoms with Gasteiger partial charge in [0.1, 0.15) is 11.9 Å². The highest BCUT2D eigenvalue weighted by atomic mass is 19.1. The van der Waals surface area contributed by atoms with Crippen molar-refractivity contribution in [3.63, 3.8) is 0 Å². The highest BCUT2D eigenvalue weighted by Gasteiger charge is 2.18. The molecule has 8 heteroatoms. The van der Waals surface area contributed by atoms with E-state index in [1.807, 2.05) is 6.92 Å². The van der Waals surface area contributed by atoms with Gasteiger partial charge in [0, 0.05) is 18.4 Å². The van der Waals surface area contributed by atoms with Crippen LogP contribution in [0.4, 0.5) is 4.39 Å². The van der Waals surface area contributed by atoms with Crippen LogP contribution in [0, 0.1) is 5.82 Å². The fourth-order valence-corrected chi connectivity index (χ4v) is 2.29. The molecule has 1 aromatic heterocycles. The van der Waals surface area contributed by atoms with Crippen LogP contribution in [0.1, 0.15) is 38.5 Å². The molecule has 0 bridgehead atoms. The molecule has 25 heavy (non-hydrogen) atoms. The molecule has 2 rings (SSSR count). The number of rotatable bonds is 9. The van der Waals surface area contributed by atoms with Crippen molar-refractivity contribution in [2.24, 2.45) is 0 Å². The van der Waals surface area contributed by atoms with E-state index < -0.39 is 12.0 Å². The first kappa shape index (κ1) is 18.6. The SMILES string of the molecule is CCCC(NC(=O)CCCc1nc(-c2ccc(F)cc2)no1)C(=O)O. The normalized spacial score (nSPS) is 11.9. The number of carbonyl (C=O) groups is 2. The first-order valence-corrected chi connectivity index (χ1v) is 8.10. The lowest BCUT2D eigenvalue weighted by molar-refractivity contribution is -0.142. The summed E-state index contributed by atoms with van der Waals surface area (Å²) in [6, 6.07) is 4.87. The minimum absolute atomic E-state index is 0.168. The lowest BCUT2D eigenvalue weighted by Gasteiger charge is -2.13. The summed E-state index contributed by atoms with van der Waals surface area (Å²) in [6.45, 7) is 1.86. The van der Waals surface area contributed by atoms with E-state index in [9.17, 15) is 14.0 Å². The van der Waals surface area contributed by atoms with E-state index in [0.29, 0.717) is 43.0 Å². The van der Waals surface area contributed by atoms with Crippen molar-refractivity contribution >= 4 is 11.9 Å². The maximum Gasteiger partial charge on any atom is 0.326 e. The van der Waals surface area contributed by atoms with Crippen LogP contribution >= 0.6 is 0 Å². The van der Waals surface area contributed by atoms with Crippen LogP contribution < -0.4 is 5.32 Å². The number of carboxylic acid groups (broad SMARTS) is 1. The van der Waals surface area contributed by atoms with Crippen LogP contribution in [-0.4, -0.2) is 33.2 Å². The summed E-state index contributed by atoms with van der Waals surface area (Å²) in [6.07, 6.45) is 2.08. The quantitative estimate of drug-likeness (QED) is 0.721. The highest BCUT2D eigenvalue weighted by Crippen LogP contribution is 2.16. The maximum absolute atomic E-state index is 12.9. The number of nitrogens with one attached hydrogen (secondary N) is 1. The van der Waals surface area contributed by atoms with Gasteiger partial charge >= 0.3 is 5.97 Å². The summed E-state index contributed by atoms with van der Waals surface area (Å²) < 4.78 is 18.0. The molecule has 1 heterocycles. The Hall–Kier alpha value is -2.77. The van der Waals surface area contributed by atoms with Crippen molar-refractivity contribution in [1.29, 1.82) is 0 Å². The smallest absolute Gasteiger partial charge is 0.326 e. The number of benzene rings is 1. The third-order valence-corrected chi connectivity index (χ3v) is 3.58. The Morgan fingerprint density at radius 3 is 2.68 bits per heavy atom. The summed E-state index contributed by atoms with van der Waals surface area (Å²) in [5, 5.41) is 15.3. The van der Waals surface area contributed by atoms with Crippen LogP contribution in [0.5, 0.6) is 0 Å². The molecule has 0 saturated heterocycles. The number of aliphatic carboxylic acids is 1. The third-order valence-electron chi connectivity index (χ3n) is 3.58. The summed E-state index contributed by atoms with van der Waals surface area (Å²) >= 11 is 0. The minimum atomic E-state index is -1.03. The largest absolute Gasteiger partial charge is 0.480 e. The number of halogens is 1. The molecule has 134 valence electrons. The van der Waals surface area contributed by atoms with E-state index >= 15 is 0 Å². The average molecular weight is 349 g/mol. The molecule has 0 saturated carbocycles. The van der Waals surface area contributed by atoms with Gasteiger partial charge in [-0.05, 0) is 37.1 Å². The zero-order valence-corrected chi connectivity index (χ0v) is 13.9. The first-order chi connectivity index (χ1) is 12.0. The number of nitrogens with zero attached hydrogens (tertiary/aromatic N) is 2. The Kier molecular flexibility index (Phi) is 6.62. The molecule has 0 aliphatic heterocycles. The van der Waals surface area contributed by atoms with Crippen LogP contribution in [0.25, 0.3) is 11.4 Å². The lowest BCUT2D eigenvalue weighted by Crippen LogP contribution is -2.40. The van der Waals surface area contributed by atoms with E-state index in [2.05, 4.69) is 15.5 Å². The van der Waals surface area contributed by atoms with Crippen molar-refractivity contribution < 1.29 is 23.6 Å². The fraction of sp³-hybridized carbons (Fsp3) is 0.412. The molecule has 1 aromatic carbocycles. The molecular formula is C17H20FN3O4. The number of hydrogen-bond acceptors (Lipinski definition) is 5. The molecule has 0 radical (unpaired) electrons. The molecule has 2 N–H and O–H groups in total. The Bertz CT molecular complexity index is 715. The number of amides is 1. The van der Waals surface area contributed by atoms with Gasteiger partial charge in [-0.25, -0.2) is 9.18 Å². The Balaban J connectivity index is 1.81. The Labute approximate surface area is 144 Å². The van der Waals surface area contributed by atoms with Crippen molar-refractivity contribution in [2.45, 2.75) is 45.1 Å². The van der Waals surface area contributed by atoms with Crippen LogP contribution in [-0.2, 0) is 16.0 Å². The second kappa shape index (κ2) is 8.91. The van der Waals surface area contributed by atoms with E-state index in [1.54, 1.807) is 12.1 Å². The number of aromatic nitrogens is 2. The van der Waals surface area contributed by atoms with Gasteiger partial charge in [-0.1, -0.05) is 18.5 Å². The number of hydrogen-bond donors (Lipinski definition) is 2. The molecule has 7 nitrogen and oxygen atoms in total. The van der Waals surface area contributed by atoms with E-state index in [1.165, 1.54) is 12.1 Å². The molecule has 1 unspecified atom stereocenters. The fourth-order valence-electron chi connectivity index (χ4n) is 2.29. The molecule has 0 aliphatic carbocycles. The zero-order valence-electron chi connectivity index (χ0n) is 13.9. The van der Waals surface area contributed by atoms with Gasteiger partial charge in [-0.2, -0.15) is 4.98 Å². The second-order valence-electron chi connectivity index (χ2n) is 5.62. The van der Waals surface area contributed by atoms with Crippen molar-refractivity contribution in [3.8, 4) is 11.4 Å². The molecule has 0 fully saturated rings. The van der Waals surface area contributed by atoms with Gasteiger partial charge in [0.15, 0.2) is 0 Å². The van der Waals surface area contributed by atoms with Gasteiger partial charge in [-0.15, -0.1) is 0 Å². The molecule has 1 atom stereocenters. The zero-order chi connectivity index (χ0) is 18.2. The number of carboxylic acids is 1. The van der Waals surface area contributed by atoms with Gasteiger partial charge in [0.25, 0.3) is 0 Å². The van der Waals surface area contributed by atoms with E-state index in [4.69, 9.17) is 9.63 Å². The third kappa shape index (κ3) is 5.66. The predicted octanol–water partition coefficient (Wildman–Crippen LogP) is 2.57. The topological polar surface area (TPSA) is 105 Å². The summed E-state index contributed by atoms with van der Waals surface area (Å²) in [7, 11) is 0. The number of aryl methyl sites for hydroxylation is 1. The van der Waals surface area contributed by atoms with Crippen LogP contribution in [0.3, 0.4) is 0 Å². The summed E-state index contributed by atoms with van der Waals surface area (Å²) in [5.41, 5.74) is 0.637. The van der Waals surface area contributed by atoms with Crippen molar-refractivity contribution in [3.05, 3.63) is 36.0 Å². The minimum Gasteiger partial charge on any atom is -0.480 e. The molecule has 1 amide bonds.